The third-order valence-electron chi connectivity index (χ3n) is 12.3. The monoisotopic (exact) mass is 694 g/mol. The number of rotatable bonds is 3. The van der Waals surface area contributed by atoms with E-state index in [1.165, 1.54) is 114 Å². The SMILES string of the molecule is c1ccc(-c2c3cc4c5ccccc5c5cccc(c3c(-c3ccccc3)c3c6ccc(-c7cccc8oc9ccccc9c78)c7cccc(c23)c76)c54)cc1. The second-order valence-electron chi connectivity index (χ2n) is 15.0. The molecular formula is C54H30O. The van der Waals surface area contributed by atoms with Gasteiger partial charge in [0.25, 0.3) is 0 Å². The van der Waals surface area contributed by atoms with Crippen molar-refractivity contribution >= 4 is 97.3 Å². The molecule has 13 rings (SSSR count). The zero-order valence-corrected chi connectivity index (χ0v) is 29.7. The lowest BCUT2D eigenvalue weighted by molar-refractivity contribution is 0.669. The van der Waals surface area contributed by atoms with Gasteiger partial charge in [-0.15, -0.1) is 0 Å². The number of hydrogen-bond donors (Lipinski definition) is 0. The fourth-order valence-corrected chi connectivity index (χ4v) is 10.2. The van der Waals surface area contributed by atoms with Crippen LogP contribution in [0.5, 0.6) is 0 Å². The average Bonchev–Trinajstić information content (AvgIpc) is 3.90. The summed E-state index contributed by atoms with van der Waals surface area (Å²) in [6, 6.07) is 67.2. The van der Waals surface area contributed by atoms with Crippen LogP contribution >= 0.6 is 0 Å². The molecule has 1 heterocycles. The van der Waals surface area contributed by atoms with Gasteiger partial charge in [-0.1, -0.05) is 164 Å². The molecule has 12 aromatic carbocycles. The molecule has 55 heavy (non-hydrogen) atoms. The minimum Gasteiger partial charge on any atom is -0.456 e. The van der Waals surface area contributed by atoms with Gasteiger partial charge in [0.2, 0.25) is 0 Å². The van der Waals surface area contributed by atoms with E-state index in [-0.39, 0.29) is 0 Å². The molecule has 0 saturated carbocycles. The van der Waals surface area contributed by atoms with Crippen molar-refractivity contribution in [3.05, 3.63) is 182 Å². The summed E-state index contributed by atoms with van der Waals surface area (Å²) < 4.78 is 6.39. The van der Waals surface area contributed by atoms with Crippen LogP contribution in [0.4, 0.5) is 0 Å². The molecule has 0 aliphatic carbocycles. The van der Waals surface area contributed by atoms with Crippen LogP contribution in [-0.4, -0.2) is 0 Å². The van der Waals surface area contributed by atoms with Gasteiger partial charge in [-0.3, -0.25) is 0 Å². The molecule has 0 spiro atoms. The Labute approximate surface area is 315 Å². The Morgan fingerprint density at radius 2 is 0.764 bits per heavy atom. The largest absolute Gasteiger partial charge is 0.456 e. The summed E-state index contributed by atoms with van der Waals surface area (Å²) in [5, 5.41) is 20.6. The van der Waals surface area contributed by atoms with Crippen molar-refractivity contribution in [1.29, 1.82) is 0 Å². The highest BCUT2D eigenvalue weighted by Gasteiger charge is 2.27. The summed E-state index contributed by atoms with van der Waals surface area (Å²) in [5.41, 5.74) is 9.32. The zero-order chi connectivity index (χ0) is 35.8. The summed E-state index contributed by atoms with van der Waals surface area (Å²) in [5.74, 6) is 0. The molecule has 0 unspecified atom stereocenters. The Kier molecular flexibility index (Phi) is 5.69. The fourth-order valence-electron chi connectivity index (χ4n) is 10.2. The Bertz CT molecular complexity index is 3680. The van der Waals surface area contributed by atoms with Crippen molar-refractivity contribution in [2.24, 2.45) is 0 Å². The van der Waals surface area contributed by atoms with Crippen molar-refractivity contribution < 1.29 is 4.42 Å². The normalized spacial score (nSPS) is 12.4. The number of benzene rings is 10. The third-order valence-corrected chi connectivity index (χ3v) is 12.3. The molecule has 0 amide bonds. The molecule has 0 saturated heterocycles. The van der Waals surface area contributed by atoms with Crippen LogP contribution in [-0.2, 0) is 0 Å². The van der Waals surface area contributed by atoms with Gasteiger partial charge in [-0.05, 0) is 127 Å². The van der Waals surface area contributed by atoms with Crippen LogP contribution in [0.2, 0.25) is 0 Å². The van der Waals surface area contributed by atoms with E-state index in [0.29, 0.717) is 0 Å². The number of hydrogen-bond acceptors (Lipinski definition) is 1. The van der Waals surface area contributed by atoms with Crippen LogP contribution in [0.3, 0.4) is 0 Å². The molecule has 0 aliphatic heterocycles. The van der Waals surface area contributed by atoms with E-state index in [1.807, 2.05) is 6.07 Å². The van der Waals surface area contributed by atoms with Crippen molar-refractivity contribution in [3.8, 4) is 33.4 Å². The van der Waals surface area contributed by atoms with Gasteiger partial charge >= 0.3 is 0 Å². The molecule has 0 aliphatic rings. The maximum Gasteiger partial charge on any atom is 0.136 e. The van der Waals surface area contributed by atoms with Gasteiger partial charge in [0.05, 0.1) is 0 Å². The minimum atomic E-state index is 0.916. The van der Waals surface area contributed by atoms with Gasteiger partial charge in [-0.2, -0.15) is 0 Å². The average molecular weight is 695 g/mol. The van der Waals surface area contributed by atoms with Crippen LogP contribution < -0.4 is 0 Å². The van der Waals surface area contributed by atoms with Crippen LogP contribution in [0.15, 0.2) is 186 Å². The van der Waals surface area contributed by atoms with E-state index in [0.717, 1.165) is 16.6 Å². The predicted molar refractivity (Wildman–Crippen MR) is 235 cm³/mol. The van der Waals surface area contributed by atoms with Gasteiger partial charge < -0.3 is 4.42 Å². The lowest BCUT2D eigenvalue weighted by Gasteiger charge is -2.19. The van der Waals surface area contributed by atoms with E-state index in [1.54, 1.807) is 0 Å². The number of fused-ring (bicyclic) bond motifs is 11. The molecule has 1 heteroatoms. The number of furan rings is 1. The summed E-state index contributed by atoms with van der Waals surface area (Å²) >= 11 is 0. The highest BCUT2D eigenvalue weighted by atomic mass is 16.3. The highest BCUT2D eigenvalue weighted by molar-refractivity contribution is 6.45. The molecule has 0 bridgehead atoms. The number of para-hydroxylation sites is 1. The third kappa shape index (κ3) is 3.77. The van der Waals surface area contributed by atoms with E-state index < -0.39 is 0 Å². The first-order valence-electron chi connectivity index (χ1n) is 19.1. The molecule has 252 valence electrons. The van der Waals surface area contributed by atoms with Gasteiger partial charge in [0.15, 0.2) is 0 Å². The predicted octanol–water partition coefficient (Wildman–Crippen LogP) is 15.5. The lowest BCUT2D eigenvalue weighted by atomic mass is 9.84. The van der Waals surface area contributed by atoms with Crippen molar-refractivity contribution in [1.82, 2.24) is 0 Å². The lowest BCUT2D eigenvalue weighted by Crippen LogP contribution is -1.91. The minimum absolute atomic E-state index is 0.916. The molecule has 0 radical (unpaired) electrons. The molecule has 0 fully saturated rings. The summed E-state index contributed by atoms with van der Waals surface area (Å²) in [6.45, 7) is 0. The maximum atomic E-state index is 6.39. The van der Waals surface area contributed by atoms with Crippen molar-refractivity contribution in [3.63, 3.8) is 0 Å². The Hall–Kier alpha value is -7.22. The molecule has 1 nitrogen and oxygen atoms in total. The van der Waals surface area contributed by atoms with Crippen molar-refractivity contribution in [2.75, 3.05) is 0 Å². The Balaban J connectivity index is 1.29. The Morgan fingerprint density at radius 1 is 0.236 bits per heavy atom. The topological polar surface area (TPSA) is 13.1 Å². The van der Waals surface area contributed by atoms with Crippen LogP contribution in [0, 0.1) is 0 Å². The van der Waals surface area contributed by atoms with Crippen LogP contribution in [0.25, 0.3) is 131 Å². The van der Waals surface area contributed by atoms with Gasteiger partial charge in [0.1, 0.15) is 11.2 Å². The fraction of sp³-hybridized carbons (Fsp3) is 0. The summed E-state index contributed by atoms with van der Waals surface area (Å²) in [6.07, 6.45) is 0. The first-order valence-corrected chi connectivity index (χ1v) is 19.1. The highest BCUT2D eigenvalue weighted by Crippen LogP contribution is 2.55. The van der Waals surface area contributed by atoms with E-state index >= 15 is 0 Å². The molecule has 0 atom stereocenters. The first kappa shape index (κ1) is 29.3. The molecular weight excluding hydrogens is 665 g/mol. The first-order chi connectivity index (χ1) is 27.3. The van der Waals surface area contributed by atoms with E-state index in [4.69, 9.17) is 4.42 Å². The second-order valence-corrected chi connectivity index (χ2v) is 15.0. The summed E-state index contributed by atoms with van der Waals surface area (Å²) in [4.78, 5) is 0. The smallest absolute Gasteiger partial charge is 0.136 e. The Morgan fingerprint density at radius 3 is 1.55 bits per heavy atom. The van der Waals surface area contributed by atoms with Gasteiger partial charge in [0, 0.05) is 10.8 Å². The van der Waals surface area contributed by atoms with Crippen molar-refractivity contribution in [2.45, 2.75) is 0 Å². The zero-order valence-electron chi connectivity index (χ0n) is 29.7. The molecule has 13 aromatic rings. The molecule has 0 N–H and O–H groups in total. The van der Waals surface area contributed by atoms with E-state index in [2.05, 4.69) is 176 Å². The maximum absolute atomic E-state index is 6.39. The second kappa shape index (κ2) is 10.7. The standard InChI is InChI=1S/C54H30O/c1-3-14-31(15-4-1)47-44-30-43-34-19-8-7-18-33(34)36-21-11-24-40(50(36)43)52(44)48(32-16-5-2-6-17-32)54-42-29-28-35(37-22-12-25-41(49(37)42)53(47)54)38-23-13-27-46-51(38)39-20-9-10-26-45(39)55-46/h1-30H. The van der Waals surface area contributed by atoms with Crippen LogP contribution in [0.1, 0.15) is 0 Å². The molecule has 1 aromatic heterocycles. The summed E-state index contributed by atoms with van der Waals surface area (Å²) in [7, 11) is 0. The van der Waals surface area contributed by atoms with Gasteiger partial charge in [-0.25, -0.2) is 0 Å². The van der Waals surface area contributed by atoms with E-state index in [9.17, 15) is 0 Å². The quantitative estimate of drug-likeness (QED) is 0.168.